The van der Waals surface area contributed by atoms with Gasteiger partial charge in [-0.1, -0.05) is 23.7 Å². The first-order chi connectivity index (χ1) is 8.04. The first-order valence-corrected chi connectivity index (χ1v) is 5.69. The summed E-state index contributed by atoms with van der Waals surface area (Å²) < 4.78 is 5.72. The van der Waals surface area contributed by atoms with Crippen LogP contribution in [0.25, 0.3) is 0 Å². The van der Waals surface area contributed by atoms with E-state index in [-0.39, 0.29) is 0 Å². The maximum Gasteiger partial charge on any atom is 0.224 e. The molecule has 0 aliphatic heterocycles. The van der Waals surface area contributed by atoms with E-state index in [4.69, 9.17) is 16.3 Å². The molecule has 0 aliphatic rings. The van der Waals surface area contributed by atoms with Crippen molar-refractivity contribution in [1.29, 1.82) is 0 Å². The van der Waals surface area contributed by atoms with E-state index in [0.29, 0.717) is 16.9 Å². The Hall–Kier alpha value is -1.61. The van der Waals surface area contributed by atoms with Crippen LogP contribution in [0.5, 0.6) is 11.6 Å². The van der Waals surface area contributed by atoms with Crippen molar-refractivity contribution in [3.8, 4) is 11.6 Å². The van der Waals surface area contributed by atoms with E-state index >= 15 is 0 Å². The van der Waals surface area contributed by atoms with Crippen LogP contribution >= 0.6 is 11.6 Å². The van der Waals surface area contributed by atoms with Crippen LogP contribution in [0.2, 0.25) is 5.15 Å². The number of rotatable bonds is 2. The lowest BCUT2D eigenvalue weighted by atomic mass is 10.1. The molecule has 0 aliphatic carbocycles. The Kier molecular flexibility index (Phi) is 3.29. The van der Waals surface area contributed by atoms with Gasteiger partial charge in [0.1, 0.15) is 16.7 Å². The Balaban J connectivity index is 2.34. The molecule has 3 nitrogen and oxygen atoms in total. The molecule has 0 saturated carbocycles. The summed E-state index contributed by atoms with van der Waals surface area (Å²) in [6.45, 7) is 5.79. The van der Waals surface area contributed by atoms with Crippen molar-refractivity contribution in [1.82, 2.24) is 9.97 Å². The average Bonchev–Trinajstić information content (AvgIpc) is 2.22. The van der Waals surface area contributed by atoms with Gasteiger partial charge in [0.2, 0.25) is 5.88 Å². The fourth-order valence-corrected chi connectivity index (χ4v) is 1.70. The molecule has 0 saturated heterocycles. The highest BCUT2D eigenvalue weighted by molar-refractivity contribution is 6.29. The number of nitrogens with zero attached hydrogens (tertiary/aromatic N) is 2. The van der Waals surface area contributed by atoms with Gasteiger partial charge in [0, 0.05) is 6.07 Å². The van der Waals surface area contributed by atoms with E-state index in [0.717, 1.165) is 16.9 Å². The first kappa shape index (κ1) is 11.9. The predicted octanol–water partition coefficient (Wildman–Crippen LogP) is 3.85. The third-order valence-electron chi connectivity index (χ3n) is 2.34. The van der Waals surface area contributed by atoms with Gasteiger partial charge >= 0.3 is 0 Å². The van der Waals surface area contributed by atoms with Crippen molar-refractivity contribution in [2.24, 2.45) is 0 Å². The molecule has 2 aromatic rings. The maximum atomic E-state index is 5.86. The fraction of sp³-hybridized carbons (Fsp3) is 0.231. The van der Waals surface area contributed by atoms with Crippen LogP contribution in [0.4, 0.5) is 0 Å². The molecular formula is C13H13ClN2O. The van der Waals surface area contributed by atoms with Gasteiger partial charge in [-0.25, -0.2) is 4.98 Å². The highest BCUT2D eigenvalue weighted by Gasteiger charge is 2.05. The zero-order valence-electron chi connectivity index (χ0n) is 9.99. The lowest BCUT2D eigenvalue weighted by Crippen LogP contribution is -1.94. The Morgan fingerprint density at radius 2 is 1.82 bits per heavy atom. The van der Waals surface area contributed by atoms with Crippen LogP contribution < -0.4 is 4.74 Å². The zero-order chi connectivity index (χ0) is 12.4. The predicted molar refractivity (Wildman–Crippen MR) is 67.8 cm³/mol. The van der Waals surface area contributed by atoms with Gasteiger partial charge in [-0.2, -0.15) is 4.98 Å². The van der Waals surface area contributed by atoms with E-state index in [1.54, 1.807) is 13.0 Å². The molecule has 1 heterocycles. The number of ether oxygens (including phenoxy) is 1. The summed E-state index contributed by atoms with van der Waals surface area (Å²) >= 11 is 5.86. The van der Waals surface area contributed by atoms with Gasteiger partial charge in [-0.05, 0) is 38.0 Å². The van der Waals surface area contributed by atoms with Crippen molar-refractivity contribution >= 4 is 11.6 Å². The zero-order valence-corrected chi connectivity index (χ0v) is 10.7. The Bertz CT molecular complexity index is 535. The molecule has 0 unspecified atom stereocenters. The number of hydrogen-bond donors (Lipinski definition) is 0. The average molecular weight is 249 g/mol. The van der Waals surface area contributed by atoms with Gasteiger partial charge < -0.3 is 4.74 Å². The molecule has 0 N–H and O–H groups in total. The Morgan fingerprint density at radius 1 is 1.06 bits per heavy atom. The Morgan fingerprint density at radius 3 is 2.53 bits per heavy atom. The highest BCUT2D eigenvalue weighted by Crippen LogP contribution is 2.25. The lowest BCUT2D eigenvalue weighted by molar-refractivity contribution is 0.456. The van der Waals surface area contributed by atoms with Crippen molar-refractivity contribution in [2.75, 3.05) is 0 Å². The van der Waals surface area contributed by atoms with Gasteiger partial charge in [-0.15, -0.1) is 0 Å². The van der Waals surface area contributed by atoms with Gasteiger partial charge in [0.05, 0.1) is 0 Å². The smallest absolute Gasteiger partial charge is 0.224 e. The lowest BCUT2D eigenvalue weighted by Gasteiger charge is -2.09. The van der Waals surface area contributed by atoms with E-state index in [9.17, 15) is 0 Å². The number of aryl methyl sites for hydroxylation is 3. The van der Waals surface area contributed by atoms with E-state index < -0.39 is 0 Å². The quantitative estimate of drug-likeness (QED) is 0.758. The minimum atomic E-state index is 0.387. The fourth-order valence-electron chi connectivity index (χ4n) is 1.49. The number of aromatic nitrogens is 2. The van der Waals surface area contributed by atoms with Gasteiger partial charge in [-0.3, -0.25) is 0 Å². The largest absolute Gasteiger partial charge is 0.439 e. The van der Waals surface area contributed by atoms with Crippen LogP contribution in [-0.2, 0) is 0 Å². The first-order valence-electron chi connectivity index (χ1n) is 5.31. The summed E-state index contributed by atoms with van der Waals surface area (Å²) in [5, 5.41) is 0.387. The van der Waals surface area contributed by atoms with Crippen molar-refractivity contribution < 1.29 is 4.74 Å². The molecule has 1 aromatic heterocycles. The summed E-state index contributed by atoms with van der Waals surface area (Å²) in [6.07, 6.45) is 0. The van der Waals surface area contributed by atoms with Crippen LogP contribution in [0.15, 0.2) is 24.3 Å². The minimum absolute atomic E-state index is 0.387. The topological polar surface area (TPSA) is 35.0 Å². The van der Waals surface area contributed by atoms with E-state index in [1.807, 2.05) is 32.0 Å². The molecule has 0 amide bonds. The van der Waals surface area contributed by atoms with Crippen LogP contribution in [0.1, 0.15) is 17.0 Å². The SMILES string of the molecule is Cc1ccc(C)c(Oc2cc(Cl)nc(C)n2)c1. The third-order valence-corrected chi connectivity index (χ3v) is 2.53. The monoisotopic (exact) mass is 248 g/mol. The second-order valence-electron chi connectivity index (χ2n) is 3.95. The molecule has 1 aromatic carbocycles. The maximum absolute atomic E-state index is 5.86. The van der Waals surface area contributed by atoms with Crippen molar-refractivity contribution in [2.45, 2.75) is 20.8 Å². The van der Waals surface area contributed by atoms with Crippen LogP contribution in [0.3, 0.4) is 0 Å². The number of hydrogen-bond acceptors (Lipinski definition) is 3. The highest BCUT2D eigenvalue weighted by atomic mass is 35.5. The van der Waals surface area contributed by atoms with Crippen LogP contribution in [0, 0.1) is 20.8 Å². The summed E-state index contributed by atoms with van der Waals surface area (Å²) in [4.78, 5) is 8.17. The second kappa shape index (κ2) is 4.72. The molecule has 17 heavy (non-hydrogen) atoms. The summed E-state index contributed by atoms with van der Waals surface area (Å²) in [5.41, 5.74) is 2.20. The van der Waals surface area contributed by atoms with E-state index in [2.05, 4.69) is 9.97 Å². The number of halogens is 1. The summed E-state index contributed by atoms with van der Waals surface area (Å²) in [7, 11) is 0. The third kappa shape index (κ3) is 2.94. The summed E-state index contributed by atoms with van der Waals surface area (Å²) in [6, 6.07) is 7.64. The molecule has 2 rings (SSSR count). The van der Waals surface area contributed by atoms with E-state index in [1.165, 1.54) is 0 Å². The van der Waals surface area contributed by atoms with Crippen LogP contribution in [-0.4, -0.2) is 9.97 Å². The normalized spacial score (nSPS) is 10.4. The summed E-state index contributed by atoms with van der Waals surface area (Å²) in [5.74, 6) is 1.85. The molecule has 0 fully saturated rings. The molecule has 4 heteroatoms. The van der Waals surface area contributed by atoms with Gasteiger partial charge in [0.25, 0.3) is 0 Å². The molecule has 0 radical (unpaired) electrons. The molecule has 0 bridgehead atoms. The number of benzene rings is 1. The molecule has 0 atom stereocenters. The van der Waals surface area contributed by atoms with Gasteiger partial charge in [0.15, 0.2) is 0 Å². The molecular weight excluding hydrogens is 236 g/mol. The van der Waals surface area contributed by atoms with Crippen molar-refractivity contribution in [3.63, 3.8) is 0 Å². The minimum Gasteiger partial charge on any atom is -0.439 e. The van der Waals surface area contributed by atoms with Crippen molar-refractivity contribution in [3.05, 3.63) is 46.4 Å². The second-order valence-corrected chi connectivity index (χ2v) is 4.33. The molecule has 88 valence electrons. The molecule has 0 spiro atoms. The Labute approximate surface area is 105 Å². The standard InChI is InChI=1S/C13H13ClN2O/c1-8-4-5-9(2)11(6-8)17-13-7-12(14)15-10(3)16-13/h4-7H,1-3H3.